The molecule has 0 unspecified atom stereocenters. The number of hydrogen-bond acceptors (Lipinski definition) is 3. The molecule has 0 saturated carbocycles. The molecule has 1 rings (SSSR count). The van der Waals surface area contributed by atoms with Gasteiger partial charge in [0, 0.05) is 11.3 Å². The Morgan fingerprint density at radius 1 is 1.44 bits per heavy atom. The molecule has 1 heterocycles. The molecule has 0 saturated heterocycles. The summed E-state index contributed by atoms with van der Waals surface area (Å²) >= 11 is 5.83. The van der Waals surface area contributed by atoms with Gasteiger partial charge < -0.3 is 10.4 Å². The van der Waals surface area contributed by atoms with Crippen molar-refractivity contribution >= 4 is 17.5 Å². The fourth-order valence-electron chi connectivity index (χ4n) is 1.76. The summed E-state index contributed by atoms with van der Waals surface area (Å²) in [5, 5.41) is 12.6. The molecule has 0 spiro atoms. The summed E-state index contributed by atoms with van der Waals surface area (Å²) in [6.07, 6.45) is 1.34. The Balaban J connectivity index is 2.94. The first kappa shape index (κ1) is 14.9. The molecule has 0 radical (unpaired) electrons. The average Bonchev–Trinajstić information content (AvgIpc) is 2.35. The van der Waals surface area contributed by atoms with E-state index in [0.29, 0.717) is 29.3 Å². The largest absolute Gasteiger partial charge is 0.394 e. The Hall–Kier alpha value is -1.13. The normalized spacial score (nSPS) is 11.4. The number of carbonyl (C=O) groups excluding carboxylic acids is 1. The van der Waals surface area contributed by atoms with E-state index in [2.05, 4.69) is 10.3 Å². The number of carbonyl (C=O) groups is 1. The highest BCUT2D eigenvalue weighted by Crippen LogP contribution is 2.16. The van der Waals surface area contributed by atoms with Gasteiger partial charge in [-0.3, -0.25) is 4.79 Å². The van der Waals surface area contributed by atoms with Crippen molar-refractivity contribution in [2.24, 2.45) is 0 Å². The number of aliphatic hydroxyl groups is 1. The zero-order valence-corrected chi connectivity index (χ0v) is 11.7. The average molecular weight is 271 g/mol. The van der Waals surface area contributed by atoms with E-state index in [0.717, 1.165) is 0 Å². The molecule has 1 aromatic rings. The zero-order chi connectivity index (χ0) is 13.8. The van der Waals surface area contributed by atoms with Crippen molar-refractivity contribution in [2.45, 2.75) is 39.2 Å². The maximum atomic E-state index is 12.1. The van der Waals surface area contributed by atoms with E-state index in [-0.39, 0.29) is 12.5 Å². The summed E-state index contributed by atoms with van der Waals surface area (Å²) < 4.78 is 0. The lowest BCUT2D eigenvalue weighted by Crippen LogP contribution is -2.50. The second-order valence-corrected chi connectivity index (χ2v) is 4.81. The van der Waals surface area contributed by atoms with Crippen LogP contribution in [0.5, 0.6) is 0 Å². The third-order valence-corrected chi connectivity index (χ3v) is 3.41. The van der Waals surface area contributed by atoms with E-state index >= 15 is 0 Å². The van der Waals surface area contributed by atoms with Crippen molar-refractivity contribution in [3.05, 3.63) is 28.5 Å². The summed E-state index contributed by atoms with van der Waals surface area (Å²) in [6.45, 7) is 5.57. The summed E-state index contributed by atoms with van der Waals surface area (Å²) in [7, 11) is 0. The quantitative estimate of drug-likeness (QED) is 0.807. The van der Waals surface area contributed by atoms with E-state index < -0.39 is 5.54 Å². The number of nitrogens with one attached hydrogen (secondary N) is 1. The third kappa shape index (κ3) is 3.43. The minimum Gasteiger partial charge on any atom is -0.394 e. The minimum atomic E-state index is -0.569. The number of aryl methyl sites for hydroxylation is 1. The van der Waals surface area contributed by atoms with Gasteiger partial charge in [0.05, 0.1) is 12.1 Å². The fourth-order valence-corrected chi connectivity index (χ4v) is 2.01. The molecule has 5 heteroatoms. The number of rotatable bonds is 5. The van der Waals surface area contributed by atoms with Crippen LogP contribution in [0.4, 0.5) is 0 Å². The first-order valence-corrected chi connectivity index (χ1v) is 6.41. The maximum Gasteiger partial charge on any atom is 0.251 e. The first-order chi connectivity index (χ1) is 8.46. The van der Waals surface area contributed by atoms with Gasteiger partial charge in [-0.1, -0.05) is 25.4 Å². The molecule has 0 aliphatic carbocycles. The van der Waals surface area contributed by atoms with Gasteiger partial charge in [-0.15, -0.1) is 0 Å². The van der Waals surface area contributed by atoms with Gasteiger partial charge in [0.2, 0.25) is 0 Å². The van der Waals surface area contributed by atoms with Crippen LogP contribution in [0.1, 0.15) is 42.7 Å². The van der Waals surface area contributed by atoms with Crippen molar-refractivity contribution in [3.8, 4) is 0 Å². The van der Waals surface area contributed by atoms with Crippen LogP contribution in [-0.2, 0) is 0 Å². The lowest BCUT2D eigenvalue weighted by Gasteiger charge is -2.30. The molecule has 1 amide bonds. The van der Waals surface area contributed by atoms with Gasteiger partial charge in [0.25, 0.3) is 5.91 Å². The minimum absolute atomic E-state index is 0.0798. The molecule has 4 nitrogen and oxygen atoms in total. The molecule has 100 valence electrons. The molecular formula is C13H19ClN2O2. The van der Waals surface area contributed by atoms with Crippen molar-refractivity contribution in [1.82, 2.24) is 10.3 Å². The van der Waals surface area contributed by atoms with Gasteiger partial charge in [0.15, 0.2) is 0 Å². The van der Waals surface area contributed by atoms with Crippen molar-refractivity contribution < 1.29 is 9.90 Å². The molecule has 18 heavy (non-hydrogen) atoms. The van der Waals surface area contributed by atoms with Crippen LogP contribution in [-0.4, -0.2) is 28.1 Å². The zero-order valence-electron chi connectivity index (χ0n) is 11.0. The van der Waals surface area contributed by atoms with Crippen molar-refractivity contribution in [2.75, 3.05) is 6.61 Å². The topological polar surface area (TPSA) is 62.2 Å². The molecular weight excluding hydrogens is 252 g/mol. The summed E-state index contributed by atoms with van der Waals surface area (Å²) in [5.74, 6) is -0.236. The highest BCUT2D eigenvalue weighted by atomic mass is 35.5. The van der Waals surface area contributed by atoms with E-state index in [1.54, 1.807) is 13.0 Å². The number of nitrogens with zero attached hydrogens (tertiary/aromatic N) is 1. The van der Waals surface area contributed by atoms with Crippen LogP contribution in [0.15, 0.2) is 12.1 Å². The van der Waals surface area contributed by atoms with Gasteiger partial charge in [-0.25, -0.2) is 4.98 Å². The van der Waals surface area contributed by atoms with E-state index in [1.165, 1.54) is 6.07 Å². The lowest BCUT2D eigenvalue weighted by atomic mass is 9.93. The molecule has 0 aliphatic heterocycles. The second-order valence-electron chi connectivity index (χ2n) is 4.42. The number of pyridine rings is 1. The Bertz CT molecular complexity index is 402. The van der Waals surface area contributed by atoms with E-state index in [1.807, 2.05) is 13.8 Å². The predicted molar refractivity (Wildman–Crippen MR) is 71.8 cm³/mol. The van der Waals surface area contributed by atoms with Crippen LogP contribution in [0.3, 0.4) is 0 Å². The lowest BCUT2D eigenvalue weighted by molar-refractivity contribution is 0.0817. The Kier molecular flexibility index (Phi) is 5.11. The number of halogens is 1. The van der Waals surface area contributed by atoms with Crippen LogP contribution in [0.2, 0.25) is 5.15 Å². The molecule has 0 atom stereocenters. The summed E-state index contributed by atoms with van der Waals surface area (Å²) in [4.78, 5) is 16.1. The highest BCUT2D eigenvalue weighted by molar-refractivity contribution is 6.29. The number of aromatic nitrogens is 1. The molecule has 0 aromatic carbocycles. The van der Waals surface area contributed by atoms with Gasteiger partial charge >= 0.3 is 0 Å². The molecule has 2 N–H and O–H groups in total. The van der Waals surface area contributed by atoms with Crippen molar-refractivity contribution in [1.29, 1.82) is 0 Å². The SMILES string of the molecule is CCC(CC)(CO)NC(=O)c1cc(C)nc(Cl)c1. The monoisotopic (exact) mass is 270 g/mol. The Morgan fingerprint density at radius 2 is 2.06 bits per heavy atom. The number of aliphatic hydroxyl groups excluding tert-OH is 1. The molecule has 0 fully saturated rings. The van der Waals surface area contributed by atoms with E-state index in [4.69, 9.17) is 11.6 Å². The van der Waals surface area contributed by atoms with Crippen molar-refractivity contribution in [3.63, 3.8) is 0 Å². The van der Waals surface area contributed by atoms with E-state index in [9.17, 15) is 9.90 Å². The summed E-state index contributed by atoms with van der Waals surface area (Å²) in [6, 6.07) is 3.20. The second kappa shape index (κ2) is 6.16. The smallest absolute Gasteiger partial charge is 0.251 e. The van der Waals surface area contributed by atoms with Gasteiger partial charge in [-0.2, -0.15) is 0 Å². The van der Waals surface area contributed by atoms with Crippen LogP contribution in [0.25, 0.3) is 0 Å². The van der Waals surface area contributed by atoms with Crippen LogP contribution in [0, 0.1) is 6.92 Å². The fraction of sp³-hybridized carbons (Fsp3) is 0.538. The number of hydrogen-bond donors (Lipinski definition) is 2. The molecule has 1 aromatic heterocycles. The Labute approximate surface area is 112 Å². The molecule has 0 aliphatic rings. The van der Waals surface area contributed by atoms with Crippen LogP contribution < -0.4 is 5.32 Å². The van der Waals surface area contributed by atoms with Gasteiger partial charge in [0.1, 0.15) is 5.15 Å². The number of amides is 1. The maximum absolute atomic E-state index is 12.1. The first-order valence-electron chi connectivity index (χ1n) is 6.04. The highest BCUT2D eigenvalue weighted by Gasteiger charge is 2.27. The standard InChI is InChI=1S/C13H19ClN2O2/c1-4-13(5-2,8-17)16-12(18)10-6-9(3)15-11(14)7-10/h6-7,17H,4-5,8H2,1-3H3,(H,16,18). The predicted octanol–water partition coefficient (Wildman–Crippen LogP) is 2.32. The van der Waals surface area contributed by atoms with Gasteiger partial charge in [-0.05, 0) is 31.9 Å². The summed E-state index contributed by atoms with van der Waals surface area (Å²) in [5.41, 5.74) is 0.586. The Morgan fingerprint density at radius 3 is 2.50 bits per heavy atom. The molecule has 0 bridgehead atoms. The van der Waals surface area contributed by atoms with Crippen LogP contribution >= 0.6 is 11.6 Å². The third-order valence-electron chi connectivity index (χ3n) is 3.22.